The summed E-state index contributed by atoms with van der Waals surface area (Å²) in [5, 5.41) is 0. The second kappa shape index (κ2) is 4.62. The minimum atomic E-state index is -1.07. The van der Waals surface area contributed by atoms with E-state index in [1.54, 1.807) is 31.4 Å². The molecule has 1 atom stereocenters. The standard InChI is InChI=1S/C12H18FNO/c1-12(2,8-14)11(13)9-5-4-6-10(7-9)15-3/h4-7,11H,8,14H2,1-3H3. The van der Waals surface area contributed by atoms with Crippen LogP contribution in [0.3, 0.4) is 0 Å². The second-order valence-corrected chi connectivity index (χ2v) is 4.33. The molecule has 0 fully saturated rings. The van der Waals surface area contributed by atoms with Crippen molar-refractivity contribution < 1.29 is 9.13 Å². The number of halogens is 1. The van der Waals surface area contributed by atoms with Crippen LogP contribution in [-0.2, 0) is 0 Å². The van der Waals surface area contributed by atoms with E-state index in [0.717, 1.165) is 0 Å². The van der Waals surface area contributed by atoms with Gasteiger partial charge in [-0.05, 0) is 17.7 Å². The molecule has 0 aliphatic rings. The smallest absolute Gasteiger partial charge is 0.132 e. The first kappa shape index (κ1) is 12.0. The Morgan fingerprint density at radius 1 is 1.47 bits per heavy atom. The van der Waals surface area contributed by atoms with Gasteiger partial charge >= 0.3 is 0 Å². The van der Waals surface area contributed by atoms with E-state index in [0.29, 0.717) is 17.9 Å². The van der Waals surface area contributed by atoms with Gasteiger partial charge in [0.1, 0.15) is 11.9 Å². The van der Waals surface area contributed by atoms with E-state index < -0.39 is 11.6 Å². The lowest BCUT2D eigenvalue weighted by molar-refractivity contribution is 0.152. The van der Waals surface area contributed by atoms with Gasteiger partial charge in [-0.25, -0.2) is 4.39 Å². The van der Waals surface area contributed by atoms with Crippen LogP contribution in [0.25, 0.3) is 0 Å². The molecule has 0 heterocycles. The summed E-state index contributed by atoms with van der Waals surface area (Å²) in [5.41, 5.74) is 5.61. The zero-order valence-electron chi connectivity index (χ0n) is 9.46. The minimum absolute atomic E-state index is 0.311. The van der Waals surface area contributed by atoms with Crippen LogP contribution in [0, 0.1) is 5.41 Å². The Morgan fingerprint density at radius 3 is 2.67 bits per heavy atom. The lowest BCUT2D eigenvalue weighted by Gasteiger charge is -2.27. The molecule has 2 nitrogen and oxygen atoms in total. The van der Waals surface area contributed by atoms with Gasteiger partial charge in [-0.1, -0.05) is 26.0 Å². The highest BCUT2D eigenvalue weighted by Gasteiger charge is 2.29. The number of nitrogens with two attached hydrogens (primary N) is 1. The van der Waals surface area contributed by atoms with Gasteiger partial charge in [-0.3, -0.25) is 0 Å². The largest absolute Gasteiger partial charge is 0.497 e. The van der Waals surface area contributed by atoms with Crippen molar-refractivity contribution in [1.82, 2.24) is 0 Å². The molecule has 1 unspecified atom stereocenters. The summed E-state index contributed by atoms with van der Waals surface area (Å²) in [6, 6.07) is 7.05. The summed E-state index contributed by atoms with van der Waals surface area (Å²) in [6.45, 7) is 3.94. The molecule has 2 N–H and O–H groups in total. The Kier molecular flexibility index (Phi) is 3.69. The van der Waals surface area contributed by atoms with Crippen molar-refractivity contribution >= 4 is 0 Å². The highest BCUT2D eigenvalue weighted by Crippen LogP contribution is 2.36. The van der Waals surface area contributed by atoms with Gasteiger partial charge in [0.15, 0.2) is 0 Å². The molecule has 0 aliphatic carbocycles. The Labute approximate surface area is 90.2 Å². The SMILES string of the molecule is COc1cccc(C(F)C(C)(C)CN)c1. The van der Waals surface area contributed by atoms with Gasteiger partial charge in [0.05, 0.1) is 7.11 Å². The summed E-state index contributed by atoms with van der Waals surface area (Å²) in [5.74, 6) is 0.669. The first-order valence-electron chi connectivity index (χ1n) is 4.99. The van der Waals surface area contributed by atoms with Crippen LogP contribution < -0.4 is 10.5 Å². The predicted octanol–water partition coefficient (Wildman–Crippen LogP) is 2.69. The molecule has 0 bridgehead atoms. The van der Waals surface area contributed by atoms with Crippen LogP contribution in [0.15, 0.2) is 24.3 Å². The first-order valence-corrected chi connectivity index (χ1v) is 4.99. The van der Waals surface area contributed by atoms with Gasteiger partial charge in [-0.15, -0.1) is 0 Å². The Hall–Kier alpha value is -1.09. The van der Waals surface area contributed by atoms with E-state index in [1.807, 2.05) is 13.8 Å². The third-order valence-electron chi connectivity index (χ3n) is 2.60. The maximum absolute atomic E-state index is 14.1. The zero-order valence-corrected chi connectivity index (χ0v) is 9.46. The highest BCUT2D eigenvalue weighted by atomic mass is 19.1. The van der Waals surface area contributed by atoms with E-state index in [4.69, 9.17) is 10.5 Å². The van der Waals surface area contributed by atoms with Gasteiger partial charge < -0.3 is 10.5 Å². The molecule has 3 heteroatoms. The third-order valence-corrected chi connectivity index (χ3v) is 2.60. The van der Waals surface area contributed by atoms with Crippen LogP contribution in [0.5, 0.6) is 5.75 Å². The number of methoxy groups -OCH3 is 1. The first-order chi connectivity index (χ1) is 7.01. The molecule has 0 spiro atoms. The number of rotatable bonds is 4. The van der Waals surface area contributed by atoms with Gasteiger partial charge in [0, 0.05) is 12.0 Å². The quantitative estimate of drug-likeness (QED) is 0.831. The fourth-order valence-electron chi connectivity index (χ4n) is 1.35. The van der Waals surface area contributed by atoms with Crippen LogP contribution in [0.1, 0.15) is 25.6 Å². The lowest BCUT2D eigenvalue weighted by atomic mass is 9.84. The molecular formula is C12H18FNO. The zero-order chi connectivity index (χ0) is 11.5. The number of hydrogen-bond acceptors (Lipinski definition) is 2. The van der Waals surface area contributed by atoms with Crippen molar-refractivity contribution in [2.24, 2.45) is 11.1 Å². The third kappa shape index (κ3) is 2.69. The maximum atomic E-state index is 14.1. The molecule has 0 aliphatic heterocycles. The van der Waals surface area contributed by atoms with Crippen LogP contribution >= 0.6 is 0 Å². The number of hydrogen-bond donors (Lipinski definition) is 1. The van der Waals surface area contributed by atoms with Crippen molar-refractivity contribution in [2.45, 2.75) is 20.0 Å². The summed E-state index contributed by atoms with van der Waals surface area (Å²) in [4.78, 5) is 0. The minimum Gasteiger partial charge on any atom is -0.497 e. The van der Waals surface area contributed by atoms with Crippen LogP contribution in [0.2, 0.25) is 0 Å². The van der Waals surface area contributed by atoms with Gasteiger partial charge in [-0.2, -0.15) is 0 Å². The normalized spacial score (nSPS) is 13.7. The lowest BCUT2D eigenvalue weighted by Crippen LogP contribution is -2.28. The Balaban J connectivity index is 2.95. The average molecular weight is 211 g/mol. The topological polar surface area (TPSA) is 35.2 Å². The van der Waals surface area contributed by atoms with E-state index in [-0.39, 0.29) is 0 Å². The van der Waals surface area contributed by atoms with Gasteiger partial charge in [0.2, 0.25) is 0 Å². The molecule has 0 saturated heterocycles. The number of ether oxygens (including phenoxy) is 1. The summed E-state index contributed by atoms with van der Waals surface area (Å²) in [6.07, 6.45) is -1.07. The second-order valence-electron chi connectivity index (χ2n) is 4.33. The van der Waals surface area contributed by atoms with Crippen molar-refractivity contribution in [3.8, 4) is 5.75 Å². The molecule has 1 rings (SSSR count). The fourth-order valence-corrected chi connectivity index (χ4v) is 1.35. The number of benzene rings is 1. The van der Waals surface area contributed by atoms with Crippen molar-refractivity contribution in [3.05, 3.63) is 29.8 Å². The van der Waals surface area contributed by atoms with Crippen molar-refractivity contribution in [2.75, 3.05) is 13.7 Å². The molecule has 0 aromatic heterocycles. The van der Waals surface area contributed by atoms with E-state index >= 15 is 0 Å². The molecular weight excluding hydrogens is 193 g/mol. The molecule has 0 radical (unpaired) electrons. The van der Waals surface area contributed by atoms with Crippen LogP contribution in [-0.4, -0.2) is 13.7 Å². The van der Waals surface area contributed by atoms with E-state index in [2.05, 4.69) is 0 Å². The van der Waals surface area contributed by atoms with E-state index in [9.17, 15) is 4.39 Å². The maximum Gasteiger partial charge on any atom is 0.132 e. The summed E-state index contributed by atoms with van der Waals surface area (Å²) in [7, 11) is 1.57. The van der Waals surface area contributed by atoms with Gasteiger partial charge in [0.25, 0.3) is 0 Å². The molecule has 84 valence electrons. The van der Waals surface area contributed by atoms with Crippen LogP contribution in [0.4, 0.5) is 4.39 Å². The molecule has 1 aromatic rings. The fraction of sp³-hybridized carbons (Fsp3) is 0.500. The van der Waals surface area contributed by atoms with E-state index in [1.165, 1.54) is 0 Å². The molecule has 15 heavy (non-hydrogen) atoms. The highest BCUT2D eigenvalue weighted by molar-refractivity contribution is 5.30. The Morgan fingerprint density at radius 2 is 2.13 bits per heavy atom. The molecule has 1 aromatic carbocycles. The van der Waals surface area contributed by atoms with Crippen molar-refractivity contribution in [3.63, 3.8) is 0 Å². The monoisotopic (exact) mass is 211 g/mol. The summed E-state index contributed by atoms with van der Waals surface area (Å²) >= 11 is 0. The van der Waals surface area contributed by atoms with Crippen molar-refractivity contribution in [1.29, 1.82) is 0 Å². The summed E-state index contributed by atoms with van der Waals surface area (Å²) < 4.78 is 19.1. The molecule has 0 saturated carbocycles. The number of alkyl halides is 1. The Bertz CT molecular complexity index is 325. The molecule has 0 amide bonds. The predicted molar refractivity (Wildman–Crippen MR) is 59.7 cm³/mol. The average Bonchev–Trinajstić information content (AvgIpc) is 2.28.